The standard InChI is InChI=1S/C68H117N11O29/c1-40(83)76-52-54(95)53(94)44(33-80)106-59(52)102-26-8-5-14-45(87)70-20-11-23-73-48(90)17-29-99-37-65(79-51(93)34-105-69,38-100-30-18-49(91)74-24-12-21-71-46(88)15-6-9-27-103-62-64(4,77-41(2)84)60(107-62)66(35-81)32-43(86)57(66)97)39-101-31-19-50(92)75-25-13-22-72-47(89)16-7-10-28-104-63-68(78-42(3)85)56-55(96)58(98)67(56,36-82)61(68)108-63/h43-44,52-63,80-82,86,94-98H,5-39,69H2,1-4H3,(H,70,87)(H,71,88)(H,72,89)(H,73,90)(H,74,91)(H,75,92)(H,76,83)(H,77,84)(H,78,85)(H,79,93)/t43?,44?,52?,53-,54?,55?,56?,57+,58+,59+,60?,61?,62+,63+,64?,65?,66?,67?,68?/m0/s1. The molecule has 3 saturated carbocycles. The van der Waals surface area contributed by atoms with Crippen LogP contribution >= 0.6 is 0 Å². The molecule has 3 aliphatic heterocycles. The third-order valence-electron chi connectivity index (χ3n) is 20.3. The average molecular weight is 1550 g/mol. The Labute approximate surface area is 626 Å². The van der Waals surface area contributed by atoms with Crippen LogP contribution in [0.25, 0.3) is 0 Å². The van der Waals surface area contributed by atoms with Gasteiger partial charge in [0, 0.05) is 124 Å². The Morgan fingerprint density at radius 3 is 1.33 bits per heavy atom. The van der Waals surface area contributed by atoms with Crippen LogP contribution in [-0.2, 0) is 95.4 Å². The molecule has 0 aromatic heterocycles. The van der Waals surface area contributed by atoms with Gasteiger partial charge in [0.05, 0.1) is 101 Å². The Kier molecular flexibility index (Phi) is 37.2. The van der Waals surface area contributed by atoms with Crippen molar-refractivity contribution >= 4 is 59.1 Å². The number of hydrogen-bond acceptors (Lipinski definition) is 30. The van der Waals surface area contributed by atoms with E-state index in [1.807, 2.05) is 0 Å². The minimum Gasteiger partial charge on any atom is -0.396 e. The minimum atomic E-state index is -1.50. The predicted octanol–water partition coefficient (Wildman–Crippen LogP) is -8.01. The highest BCUT2D eigenvalue weighted by molar-refractivity contribution is 5.80. The molecule has 40 nitrogen and oxygen atoms in total. The summed E-state index contributed by atoms with van der Waals surface area (Å²) in [5.74, 6) is 0.739. The number of rotatable bonds is 55. The number of aliphatic hydroxyl groups excluding tert-OH is 9. The molecule has 0 radical (unpaired) electrons. The zero-order chi connectivity index (χ0) is 79.2. The van der Waals surface area contributed by atoms with Gasteiger partial charge < -0.3 is 142 Å². The third kappa shape index (κ3) is 24.2. The fraction of sp³-hybridized carbons (Fsp3) is 0.853. The summed E-state index contributed by atoms with van der Waals surface area (Å²) in [7, 11) is 0. The number of nitrogens with two attached hydrogens (primary N) is 1. The molecule has 3 aliphatic carbocycles. The van der Waals surface area contributed by atoms with E-state index in [2.05, 4.69) is 58.0 Å². The van der Waals surface area contributed by atoms with Crippen LogP contribution in [0, 0.1) is 16.7 Å². The summed E-state index contributed by atoms with van der Waals surface area (Å²) in [6.07, 6.45) is -9.23. The van der Waals surface area contributed by atoms with Crippen LogP contribution < -0.4 is 59.1 Å². The number of unbranched alkanes of at least 4 members (excludes halogenated alkanes) is 3. The Balaban J connectivity index is 0.872. The molecule has 618 valence electrons. The second-order valence-corrected chi connectivity index (χ2v) is 28.7. The van der Waals surface area contributed by atoms with Gasteiger partial charge in [-0.1, -0.05) is 0 Å². The number of nitrogens with one attached hydrogen (secondary N) is 10. The van der Waals surface area contributed by atoms with Crippen LogP contribution in [0.15, 0.2) is 0 Å². The molecule has 6 fully saturated rings. The molecule has 0 aromatic rings. The van der Waals surface area contributed by atoms with Gasteiger partial charge in [0.25, 0.3) is 0 Å². The molecule has 0 aromatic carbocycles. The maximum atomic E-state index is 13.1. The van der Waals surface area contributed by atoms with E-state index in [1.54, 1.807) is 6.92 Å². The van der Waals surface area contributed by atoms with Crippen LogP contribution in [-0.4, -0.2) is 327 Å². The van der Waals surface area contributed by atoms with Crippen molar-refractivity contribution in [2.45, 2.75) is 227 Å². The van der Waals surface area contributed by atoms with Crippen molar-refractivity contribution in [3.8, 4) is 0 Å². The first-order chi connectivity index (χ1) is 51.5. The van der Waals surface area contributed by atoms with E-state index in [-0.39, 0.29) is 185 Å². The number of hydrogen-bond donors (Lipinski definition) is 20. The molecular weight excluding hydrogens is 1430 g/mol. The SMILES string of the molecule is CC(=O)NC1C(O)[C@@H](O)C(CO)O[C@H]1OCCCCC(=O)NCCCNC(=O)CCOCC(COCCC(=O)NCCCNC(=O)CCCCO[C@@H]1OC(C2(CO)CC(O)[C@H]2O)C1(C)NC(C)=O)(COCCC(=O)NCCCNC(=O)CCCCO[C@@H]1OC2C3(CO)C(C(O)[C@H]3O)C21NC(C)=O)NC(=O)CON. The number of fused-ring (bicyclic) bond motifs is 4. The van der Waals surface area contributed by atoms with Gasteiger partial charge in [-0.15, -0.1) is 0 Å². The Hall–Kier alpha value is -6.10. The Morgan fingerprint density at radius 1 is 0.481 bits per heavy atom. The number of carbonyl (C=O) groups excluding carboxylic acids is 10. The summed E-state index contributed by atoms with van der Waals surface area (Å²) in [5, 5.41) is 119. The van der Waals surface area contributed by atoms with E-state index in [4.69, 9.17) is 48.5 Å². The lowest BCUT2D eigenvalue weighted by atomic mass is 9.32. The van der Waals surface area contributed by atoms with Crippen molar-refractivity contribution < 1.29 is 141 Å². The van der Waals surface area contributed by atoms with Gasteiger partial charge in [0.2, 0.25) is 59.1 Å². The fourth-order valence-electron chi connectivity index (χ4n) is 14.8. The quantitative estimate of drug-likeness (QED) is 0.0199. The molecule has 40 heteroatoms. The lowest BCUT2D eigenvalue weighted by molar-refractivity contribution is -0.496. The van der Waals surface area contributed by atoms with Gasteiger partial charge in [-0.25, -0.2) is 5.90 Å². The van der Waals surface area contributed by atoms with Crippen molar-refractivity contribution in [2.24, 2.45) is 22.6 Å². The Morgan fingerprint density at radius 2 is 0.926 bits per heavy atom. The number of carbonyl (C=O) groups is 10. The van der Waals surface area contributed by atoms with Crippen LogP contribution in [0.2, 0.25) is 0 Å². The van der Waals surface area contributed by atoms with Crippen molar-refractivity contribution in [1.29, 1.82) is 0 Å². The molecule has 21 N–H and O–H groups in total. The van der Waals surface area contributed by atoms with E-state index in [1.165, 1.54) is 20.8 Å². The largest absolute Gasteiger partial charge is 0.396 e. The normalized spacial score (nSPS) is 30.4. The molecule has 6 aliphatic rings. The van der Waals surface area contributed by atoms with E-state index in [0.717, 1.165) is 0 Å². The monoisotopic (exact) mass is 1550 g/mol. The molecule has 19 atom stereocenters. The number of amides is 10. The molecule has 0 spiro atoms. The molecule has 3 saturated heterocycles. The summed E-state index contributed by atoms with van der Waals surface area (Å²) in [6.45, 7) is 3.87. The van der Waals surface area contributed by atoms with Crippen molar-refractivity contribution in [1.82, 2.24) is 53.2 Å². The highest BCUT2D eigenvalue weighted by atomic mass is 16.7. The number of aliphatic hydroxyl groups is 9. The molecule has 13 unspecified atom stereocenters. The van der Waals surface area contributed by atoms with Crippen molar-refractivity contribution in [3.05, 3.63) is 0 Å². The second kappa shape index (κ2) is 44.2. The highest BCUT2D eigenvalue weighted by Crippen LogP contribution is 2.72. The van der Waals surface area contributed by atoms with E-state index in [9.17, 15) is 93.9 Å². The first kappa shape index (κ1) is 90.8. The van der Waals surface area contributed by atoms with Crippen LogP contribution in [0.4, 0.5) is 0 Å². The van der Waals surface area contributed by atoms with Crippen LogP contribution in [0.5, 0.6) is 0 Å². The summed E-state index contributed by atoms with van der Waals surface area (Å²) in [4.78, 5) is 130. The van der Waals surface area contributed by atoms with Gasteiger partial charge in [-0.2, -0.15) is 0 Å². The molecular formula is C68H117N11O29. The smallest absolute Gasteiger partial charge is 0.248 e. The third-order valence-corrected chi connectivity index (χ3v) is 20.3. The average Bonchev–Trinajstić information content (AvgIpc) is 0.624. The first-order valence-corrected chi connectivity index (χ1v) is 37.1. The molecule has 3 heterocycles. The zero-order valence-electron chi connectivity index (χ0n) is 62.1. The maximum absolute atomic E-state index is 13.1. The van der Waals surface area contributed by atoms with E-state index >= 15 is 0 Å². The first-order valence-electron chi connectivity index (χ1n) is 37.1. The minimum absolute atomic E-state index is 0.0777. The van der Waals surface area contributed by atoms with Gasteiger partial charge >= 0.3 is 0 Å². The van der Waals surface area contributed by atoms with Gasteiger partial charge in [0.1, 0.15) is 53.7 Å². The summed E-state index contributed by atoms with van der Waals surface area (Å²) >= 11 is 0. The van der Waals surface area contributed by atoms with Crippen LogP contribution in [0.3, 0.4) is 0 Å². The summed E-state index contributed by atoms with van der Waals surface area (Å²) < 4.78 is 52.5. The lowest BCUT2D eigenvalue weighted by Gasteiger charge is -2.82. The lowest BCUT2D eigenvalue weighted by Crippen LogP contribution is -3.01. The van der Waals surface area contributed by atoms with E-state index in [0.29, 0.717) is 57.8 Å². The van der Waals surface area contributed by atoms with Gasteiger partial charge in [-0.3, -0.25) is 52.8 Å². The second-order valence-electron chi connectivity index (χ2n) is 28.7. The fourth-order valence-corrected chi connectivity index (χ4v) is 14.8. The zero-order valence-corrected chi connectivity index (χ0v) is 62.1. The van der Waals surface area contributed by atoms with Gasteiger partial charge in [0.15, 0.2) is 18.9 Å². The molecule has 108 heavy (non-hydrogen) atoms. The summed E-state index contributed by atoms with van der Waals surface area (Å²) in [5.41, 5.74) is -5.93. The van der Waals surface area contributed by atoms with Crippen LogP contribution in [0.1, 0.15) is 130 Å². The van der Waals surface area contributed by atoms with E-state index < -0.39 is 157 Å². The van der Waals surface area contributed by atoms with Crippen molar-refractivity contribution in [2.75, 3.05) is 125 Å². The topological polar surface area (TPSA) is 591 Å². The molecule has 10 amide bonds. The maximum Gasteiger partial charge on any atom is 0.248 e. The highest BCUT2D eigenvalue weighted by Gasteiger charge is 2.91. The van der Waals surface area contributed by atoms with Gasteiger partial charge in [-0.05, 0) is 71.1 Å². The predicted molar refractivity (Wildman–Crippen MR) is 371 cm³/mol. The summed E-state index contributed by atoms with van der Waals surface area (Å²) in [6, 6.07) is -1.09. The van der Waals surface area contributed by atoms with Crippen molar-refractivity contribution in [3.63, 3.8) is 0 Å². The Bertz CT molecular complexity index is 2920. The number of ether oxygens (including phenoxy) is 9. The molecule has 0 bridgehead atoms. The molecule has 6 rings (SSSR count).